The number of ether oxygens (including phenoxy) is 1. The van der Waals surface area contributed by atoms with Crippen LogP contribution in [-0.2, 0) is 11.2 Å². The van der Waals surface area contributed by atoms with Crippen molar-refractivity contribution in [2.45, 2.75) is 38.2 Å². The zero-order valence-electron chi connectivity index (χ0n) is 11.3. The lowest BCUT2D eigenvalue weighted by molar-refractivity contribution is -0.0459. The minimum absolute atomic E-state index is 0.196. The molecule has 2 rings (SSSR count). The number of allylic oxidation sites excluding steroid dienone is 2. The molecule has 0 aliphatic carbocycles. The molecule has 0 radical (unpaired) electrons. The van der Waals surface area contributed by atoms with E-state index in [0.29, 0.717) is 12.0 Å². The number of anilines is 1. The summed E-state index contributed by atoms with van der Waals surface area (Å²) in [7, 11) is 0. The van der Waals surface area contributed by atoms with Crippen LogP contribution in [0.4, 0.5) is 5.82 Å². The molecule has 0 spiro atoms. The van der Waals surface area contributed by atoms with Crippen molar-refractivity contribution in [1.82, 2.24) is 9.55 Å². The molecule has 0 bridgehead atoms. The number of nitrogen functional groups attached to an aromatic ring is 1. The highest BCUT2D eigenvalue weighted by Crippen LogP contribution is 2.27. The molecule has 0 amide bonds. The predicted molar refractivity (Wildman–Crippen MR) is 73.0 cm³/mol. The van der Waals surface area contributed by atoms with Crippen molar-refractivity contribution in [3.05, 3.63) is 34.4 Å². The molecular weight excluding hydrogens is 262 g/mol. The molecule has 1 aromatic heterocycles. The highest BCUT2D eigenvalue weighted by atomic mass is 16.5. The van der Waals surface area contributed by atoms with Gasteiger partial charge in [0.1, 0.15) is 18.1 Å². The number of nitrogens with zero attached hydrogens (tertiary/aromatic N) is 2. The Kier molecular flexibility index (Phi) is 4.53. The van der Waals surface area contributed by atoms with E-state index in [1.54, 1.807) is 6.20 Å². The summed E-state index contributed by atoms with van der Waals surface area (Å²) in [5.41, 5.74) is 5.91. The van der Waals surface area contributed by atoms with Crippen LogP contribution in [0.15, 0.2) is 23.1 Å². The summed E-state index contributed by atoms with van der Waals surface area (Å²) in [5.74, 6) is 0.196. The van der Waals surface area contributed by atoms with Crippen molar-refractivity contribution in [3.63, 3.8) is 0 Å². The lowest BCUT2D eigenvalue weighted by atomic mass is 10.2. The molecule has 1 saturated heterocycles. The Morgan fingerprint density at radius 3 is 3.00 bits per heavy atom. The Hall–Kier alpha value is -1.70. The number of aliphatic hydroxyl groups is 2. The molecule has 7 nitrogen and oxygen atoms in total. The van der Waals surface area contributed by atoms with E-state index in [9.17, 15) is 9.90 Å². The van der Waals surface area contributed by atoms with Gasteiger partial charge in [0, 0.05) is 18.2 Å². The lowest BCUT2D eigenvalue weighted by Gasteiger charge is -2.15. The van der Waals surface area contributed by atoms with Gasteiger partial charge in [0.2, 0.25) is 0 Å². The maximum atomic E-state index is 11.9. The van der Waals surface area contributed by atoms with Gasteiger partial charge in [0.05, 0.1) is 12.7 Å². The number of aromatic nitrogens is 2. The molecule has 0 aromatic carbocycles. The Morgan fingerprint density at radius 1 is 1.65 bits per heavy atom. The third kappa shape index (κ3) is 2.90. The van der Waals surface area contributed by atoms with Crippen molar-refractivity contribution in [1.29, 1.82) is 0 Å². The van der Waals surface area contributed by atoms with E-state index in [4.69, 9.17) is 15.6 Å². The van der Waals surface area contributed by atoms with Crippen LogP contribution in [-0.4, -0.2) is 38.6 Å². The average molecular weight is 281 g/mol. The van der Waals surface area contributed by atoms with Gasteiger partial charge in [-0.25, -0.2) is 4.79 Å². The molecular formula is C13H19N3O4. The van der Waals surface area contributed by atoms with Crippen LogP contribution in [0.2, 0.25) is 0 Å². The first-order valence-corrected chi connectivity index (χ1v) is 6.50. The summed E-state index contributed by atoms with van der Waals surface area (Å²) in [5, 5.41) is 18.8. The normalized spacial score (nSPS) is 26.4. The zero-order chi connectivity index (χ0) is 14.7. The van der Waals surface area contributed by atoms with E-state index in [2.05, 4.69) is 4.98 Å². The highest BCUT2D eigenvalue weighted by Gasteiger charge is 2.35. The summed E-state index contributed by atoms with van der Waals surface area (Å²) >= 11 is 0. The minimum atomic E-state index is -0.798. The summed E-state index contributed by atoms with van der Waals surface area (Å²) < 4.78 is 6.77. The van der Waals surface area contributed by atoms with Crippen LogP contribution in [0.3, 0.4) is 0 Å². The molecule has 1 fully saturated rings. The summed E-state index contributed by atoms with van der Waals surface area (Å²) in [6.45, 7) is 1.60. The molecule has 1 aromatic rings. The Labute approximate surface area is 116 Å². The number of nitrogens with two attached hydrogens (primary N) is 1. The van der Waals surface area contributed by atoms with E-state index in [1.807, 2.05) is 19.1 Å². The molecule has 0 unspecified atom stereocenters. The second-order valence-corrected chi connectivity index (χ2v) is 4.73. The standard InChI is InChI=1S/C13H19N3O4/c1-2-3-4-8-6-16(13(19)15-12(8)14)11-5-9(18)10(7-17)20-11/h2-3,6,9-11,17-18H,4-5,7H2,1H3,(H2,14,15,19)/t9-,10+,11+/m0/s1. The van der Waals surface area contributed by atoms with Crippen LogP contribution in [0.1, 0.15) is 25.1 Å². The van der Waals surface area contributed by atoms with Crippen molar-refractivity contribution in [2.75, 3.05) is 12.3 Å². The first-order valence-electron chi connectivity index (χ1n) is 6.50. The molecule has 3 atom stereocenters. The summed E-state index contributed by atoms with van der Waals surface area (Å²) in [4.78, 5) is 15.7. The fourth-order valence-corrected chi connectivity index (χ4v) is 2.18. The second kappa shape index (κ2) is 6.17. The fraction of sp³-hybridized carbons (Fsp3) is 0.538. The molecule has 110 valence electrons. The summed E-state index contributed by atoms with van der Waals surface area (Å²) in [6, 6.07) is 0. The van der Waals surface area contributed by atoms with Crippen molar-refractivity contribution < 1.29 is 14.9 Å². The van der Waals surface area contributed by atoms with Gasteiger partial charge in [0.15, 0.2) is 0 Å². The first-order chi connectivity index (χ1) is 9.56. The van der Waals surface area contributed by atoms with Gasteiger partial charge < -0.3 is 20.7 Å². The highest BCUT2D eigenvalue weighted by molar-refractivity contribution is 5.38. The van der Waals surface area contributed by atoms with E-state index >= 15 is 0 Å². The smallest absolute Gasteiger partial charge is 0.351 e. The van der Waals surface area contributed by atoms with Crippen LogP contribution in [0, 0.1) is 0 Å². The third-order valence-corrected chi connectivity index (χ3v) is 3.33. The summed E-state index contributed by atoms with van der Waals surface area (Å²) in [6.07, 6.45) is 4.08. The van der Waals surface area contributed by atoms with Gasteiger partial charge in [0.25, 0.3) is 0 Å². The quantitative estimate of drug-likeness (QED) is 0.647. The Bertz CT molecular complexity index is 555. The largest absolute Gasteiger partial charge is 0.394 e. The molecule has 1 aliphatic rings. The van der Waals surface area contributed by atoms with Gasteiger partial charge in [-0.2, -0.15) is 4.98 Å². The molecule has 20 heavy (non-hydrogen) atoms. The Balaban J connectivity index is 2.30. The predicted octanol–water partition coefficient (Wildman–Crippen LogP) is -0.415. The number of rotatable bonds is 4. The van der Waals surface area contributed by atoms with Crippen molar-refractivity contribution in [2.24, 2.45) is 0 Å². The monoisotopic (exact) mass is 281 g/mol. The van der Waals surface area contributed by atoms with E-state index in [1.165, 1.54) is 4.57 Å². The van der Waals surface area contributed by atoms with Crippen LogP contribution < -0.4 is 11.4 Å². The molecule has 2 heterocycles. The first kappa shape index (κ1) is 14.7. The molecule has 7 heteroatoms. The lowest BCUT2D eigenvalue weighted by Crippen LogP contribution is -2.29. The van der Waals surface area contributed by atoms with Gasteiger partial charge >= 0.3 is 5.69 Å². The number of aliphatic hydroxyl groups excluding tert-OH is 2. The Morgan fingerprint density at radius 2 is 2.40 bits per heavy atom. The van der Waals surface area contributed by atoms with Crippen molar-refractivity contribution >= 4 is 5.82 Å². The van der Waals surface area contributed by atoms with Gasteiger partial charge in [-0.15, -0.1) is 0 Å². The fourth-order valence-electron chi connectivity index (χ4n) is 2.18. The van der Waals surface area contributed by atoms with Crippen LogP contribution >= 0.6 is 0 Å². The van der Waals surface area contributed by atoms with E-state index in [-0.39, 0.29) is 18.8 Å². The van der Waals surface area contributed by atoms with Gasteiger partial charge in [-0.3, -0.25) is 4.57 Å². The average Bonchev–Trinajstić information content (AvgIpc) is 2.79. The van der Waals surface area contributed by atoms with Crippen LogP contribution in [0.25, 0.3) is 0 Å². The maximum absolute atomic E-state index is 11.9. The van der Waals surface area contributed by atoms with E-state index < -0.39 is 24.1 Å². The topological polar surface area (TPSA) is 111 Å². The third-order valence-electron chi connectivity index (χ3n) is 3.33. The van der Waals surface area contributed by atoms with E-state index in [0.717, 1.165) is 0 Å². The molecule has 4 N–H and O–H groups in total. The van der Waals surface area contributed by atoms with Crippen molar-refractivity contribution in [3.8, 4) is 0 Å². The second-order valence-electron chi connectivity index (χ2n) is 4.73. The number of hydrogen-bond acceptors (Lipinski definition) is 6. The van der Waals surface area contributed by atoms with Gasteiger partial charge in [-0.1, -0.05) is 12.2 Å². The minimum Gasteiger partial charge on any atom is -0.394 e. The maximum Gasteiger partial charge on any atom is 0.351 e. The molecule has 0 saturated carbocycles. The molecule has 1 aliphatic heterocycles. The SMILES string of the molecule is CC=CCc1cn([C@H]2C[C@H](O)[C@@H](CO)O2)c(=O)nc1N. The number of hydrogen-bond donors (Lipinski definition) is 3. The van der Waals surface area contributed by atoms with Crippen LogP contribution in [0.5, 0.6) is 0 Å². The van der Waals surface area contributed by atoms with Gasteiger partial charge in [-0.05, 0) is 13.3 Å². The zero-order valence-corrected chi connectivity index (χ0v) is 11.3.